The van der Waals surface area contributed by atoms with Crippen molar-refractivity contribution in [1.82, 2.24) is 0 Å². The van der Waals surface area contributed by atoms with Gasteiger partial charge in [-0.05, 0) is 36.4 Å². The molecule has 3 N–H and O–H groups in total. The van der Waals surface area contributed by atoms with Crippen LogP contribution in [0.1, 0.15) is 13.8 Å². The van der Waals surface area contributed by atoms with Gasteiger partial charge in [-0.25, -0.2) is 0 Å². The summed E-state index contributed by atoms with van der Waals surface area (Å²) in [4.78, 5) is 23.8. The maximum Gasteiger partial charge on any atom is 0.243 e. The minimum absolute atomic E-state index is 0.0461. The van der Waals surface area contributed by atoms with Crippen molar-refractivity contribution in [2.24, 2.45) is 5.92 Å². The Hall–Kier alpha value is -2.24. The molecule has 0 bridgehead atoms. The van der Waals surface area contributed by atoms with Crippen LogP contribution in [0.3, 0.4) is 0 Å². The minimum atomic E-state index is -0.263. The molecule has 0 saturated carbocycles. The van der Waals surface area contributed by atoms with Crippen LogP contribution in [0.2, 0.25) is 10.0 Å². The smallest absolute Gasteiger partial charge is 0.243 e. The highest BCUT2D eigenvalue weighted by Gasteiger charge is 2.09. The van der Waals surface area contributed by atoms with Crippen molar-refractivity contribution in [2.45, 2.75) is 13.8 Å². The van der Waals surface area contributed by atoms with Gasteiger partial charge in [-0.1, -0.05) is 43.1 Å². The molecule has 0 radical (unpaired) electrons. The summed E-state index contributed by atoms with van der Waals surface area (Å²) >= 11 is 11.9. The van der Waals surface area contributed by atoms with Gasteiger partial charge in [0.1, 0.15) is 0 Å². The van der Waals surface area contributed by atoms with Crippen molar-refractivity contribution in [2.75, 3.05) is 22.5 Å². The Labute approximate surface area is 156 Å². The first-order valence-electron chi connectivity index (χ1n) is 7.75. The van der Waals surface area contributed by atoms with Crippen molar-refractivity contribution < 1.29 is 9.59 Å². The fraction of sp³-hybridized carbons (Fsp3) is 0.222. The van der Waals surface area contributed by atoms with E-state index in [1.807, 2.05) is 19.9 Å². The van der Waals surface area contributed by atoms with Crippen LogP contribution in [0, 0.1) is 5.92 Å². The maximum atomic E-state index is 12.1. The van der Waals surface area contributed by atoms with E-state index in [0.717, 1.165) is 0 Å². The number of hydrogen-bond acceptors (Lipinski definition) is 3. The molecule has 132 valence electrons. The molecule has 0 spiro atoms. The van der Waals surface area contributed by atoms with E-state index in [1.165, 1.54) is 0 Å². The lowest BCUT2D eigenvalue weighted by atomic mass is 10.2. The van der Waals surface area contributed by atoms with E-state index in [0.29, 0.717) is 27.1 Å². The number of halogens is 2. The zero-order valence-electron chi connectivity index (χ0n) is 13.9. The minimum Gasteiger partial charge on any atom is -0.376 e. The third kappa shape index (κ3) is 5.96. The Morgan fingerprint density at radius 3 is 2.44 bits per heavy atom. The van der Waals surface area contributed by atoms with Crippen LogP contribution in [0.4, 0.5) is 17.1 Å². The molecule has 0 unspecified atom stereocenters. The molecule has 7 heteroatoms. The third-order valence-electron chi connectivity index (χ3n) is 3.31. The largest absolute Gasteiger partial charge is 0.376 e. The topological polar surface area (TPSA) is 70.2 Å². The van der Waals surface area contributed by atoms with E-state index >= 15 is 0 Å². The Balaban J connectivity index is 1.93. The number of rotatable bonds is 6. The monoisotopic (exact) mass is 379 g/mol. The van der Waals surface area contributed by atoms with E-state index in [9.17, 15) is 9.59 Å². The Bertz CT molecular complexity index is 779. The Morgan fingerprint density at radius 2 is 1.72 bits per heavy atom. The van der Waals surface area contributed by atoms with Gasteiger partial charge in [-0.2, -0.15) is 0 Å². The van der Waals surface area contributed by atoms with E-state index in [2.05, 4.69) is 16.0 Å². The molecule has 2 aromatic carbocycles. The summed E-state index contributed by atoms with van der Waals surface area (Å²) < 4.78 is 0. The van der Waals surface area contributed by atoms with Crippen LogP contribution in [0.5, 0.6) is 0 Å². The fourth-order valence-corrected chi connectivity index (χ4v) is 2.30. The molecule has 2 rings (SSSR count). The highest BCUT2D eigenvalue weighted by atomic mass is 35.5. The quantitative estimate of drug-likeness (QED) is 0.684. The number of carbonyl (C=O) groups is 2. The first-order valence-corrected chi connectivity index (χ1v) is 8.50. The summed E-state index contributed by atoms with van der Waals surface area (Å²) in [5.74, 6) is -0.434. The Morgan fingerprint density at radius 1 is 1.00 bits per heavy atom. The second-order valence-corrected chi connectivity index (χ2v) is 6.59. The van der Waals surface area contributed by atoms with E-state index in [4.69, 9.17) is 23.2 Å². The zero-order valence-corrected chi connectivity index (χ0v) is 15.4. The van der Waals surface area contributed by atoms with Crippen molar-refractivity contribution in [1.29, 1.82) is 0 Å². The highest BCUT2D eigenvalue weighted by molar-refractivity contribution is 6.35. The number of benzene rings is 2. The first kappa shape index (κ1) is 19.1. The molecule has 5 nitrogen and oxygen atoms in total. The van der Waals surface area contributed by atoms with Crippen molar-refractivity contribution in [3.63, 3.8) is 0 Å². The fourth-order valence-electron chi connectivity index (χ4n) is 1.96. The molecule has 0 heterocycles. The first-order chi connectivity index (χ1) is 11.8. The number of anilines is 3. The van der Waals surface area contributed by atoms with E-state index in [-0.39, 0.29) is 24.3 Å². The normalized spacial score (nSPS) is 10.4. The van der Waals surface area contributed by atoms with Gasteiger partial charge < -0.3 is 16.0 Å². The predicted molar refractivity (Wildman–Crippen MR) is 103 cm³/mol. The highest BCUT2D eigenvalue weighted by Crippen LogP contribution is 2.25. The predicted octanol–water partition coefficient (Wildman–Crippen LogP) is 4.64. The van der Waals surface area contributed by atoms with Crippen LogP contribution < -0.4 is 16.0 Å². The van der Waals surface area contributed by atoms with Crippen LogP contribution in [0.25, 0.3) is 0 Å². The standard InChI is InChI=1S/C18H19Cl2N3O2/c1-11(2)18(25)22-14-5-3-4-13(9-14)21-10-17(24)23-16-8-12(19)6-7-15(16)20/h3-9,11,21H,10H2,1-2H3,(H,22,25)(H,23,24). The van der Waals surface area contributed by atoms with Crippen LogP contribution in [-0.2, 0) is 9.59 Å². The molecule has 0 atom stereocenters. The number of carbonyl (C=O) groups excluding carboxylic acids is 2. The summed E-state index contributed by atoms with van der Waals surface area (Å²) in [5, 5.41) is 9.41. The summed E-state index contributed by atoms with van der Waals surface area (Å²) in [6.45, 7) is 3.69. The summed E-state index contributed by atoms with van der Waals surface area (Å²) in [5.41, 5.74) is 1.84. The van der Waals surface area contributed by atoms with Gasteiger partial charge >= 0.3 is 0 Å². The summed E-state index contributed by atoms with van der Waals surface area (Å²) in [6, 6.07) is 12.0. The molecule has 0 aromatic heterocycles. The van der Waals surface area contributed by atoms with E-state index < -0.39 is 0 Å². The van der Waals surface area contributed by atoms with Gasteiger partial charge in [0.15, 0.2) is 0 Å². The maximum absolute atomic E-state index is 12.1. The lowest BCUT2D eigenvalue weighted by Crippen LogP contribution is -2.22. The molecule has 2 aromatic rings. The van der Waals surface area contributed by atoms with E-state index in [1.54, 1.807) is 36.4 Å². The third-order valence-corrected chi connectivity index (χ3v) is 3.87. The van der Waals surface area contributed by atoms with Gasteiger partial charge in [0, 0.05) is 22.3 Å². The van der Waals surface area contributed by atoms with Gasteiger partial charge in [0.2, 0.25) is 11.8 Å². The average Bonchev–Trinajstić information content (AvgIpc) is 2.56. The summed E-state index contributed by atoms with van der Waals surface area (Å²) in [7, 11) is 0. The zero-order chi connectivity index (χ0) is 18.4. The molecule has 0 fully saturated rings. The lowest BCUT2D eigenvalue weighted by molar-refractivity contribution is -0.119. The van der Waals surface area contributed by atoms with Gasteiger partial charge in [-0.15, -0.1) is 0 Å². The average molecular weight is 380 g/mol. The number of amides is 2. The molecule has 0 saturated heterocycles. The molecule has 0 aliphatic heterocycles. The number of nitrogens with one attached hydrogen (secondary N) is 3. The molecular weight excluding hydrogens is 361 g/mol. The number of hydrogen-bond donors (Lipinski definition) is 3. The van der Waals surface area contributed by atoms with Gasteiger partial charge in [0.05, 0.1) is 17.3 Å². The SMILES string of the molecule is CC(C)C(=O)Nc1cccc(NCC(=O)Nc2cc(Cl)ccc2Cl)c1. The Kier molecular flexibility index (Phi) is 6.67. The van der Waals surface area contributed by atoms with Crippen LogP contribution >= 0.6 is 23.2 Å². The van der Waals surface area contributed by atoms with Crippen LogP contribution in [-0.4, -0.2) is 18.4 Å². The molecule has 0 aliphatic rings. The van der Waals surface area contributed by atoms with Crippen LogP contribution in [0.15, 0.2) is 42.5 Å². The van der Waals surface area contributed by atoms with Crippen molar-refractivity contribution in [3.05, 3.63) is 52.5 Å². The van der Waals surface area contributed by atoms with Crippen molar-refractivity contribution >= 4 is 52.1 Å². The molecule has 2 amide bonds. The van der Waals surface area contributed by atoms with Gasteiger partial charge in [0.25, 0.3) is 0 Å². The summed E-state index contributed by atoms with van der Waals surface area (Å²) in [6.07, 6.45) is 0. The van der Waals surface area contributed by atoms with Crippen molar-refractivity contribution in [3.8, 4) is 0 Å². The lowest BCUT2D eigenvalue weighted by Gasteiger charge is -2.11. The van der Waals surface area contributed by atoms with Gasteiger partial charge in [-0.3, -0.25) is 9.59 Å². The molecule has 0 aliphatic carbocycles. The second-order valence-electron chi connectivity index (χ2n) is 5.75. The molecular formula is C18H19Cl2N3O2. The second kappa shape index (κ2) is 8.74. The molecule has 25 heavy (non-hydrogen) atoms.